The summed E-state index contributed by atoms with van der Waals surface area (Å²) in [5, 5.41) is 0. The van der Waals surface area contributed by atoms with Gasteiger partial charge in [-0.15, -0.1) is 0 Å². The highest BCUT2D eigenvalue weighted by molar-refractivity contribution is 7.54. The van der Waals surface area contributed by atoms with E-state index in [2.05, 4.69) is 19.6 Å². The second-order valence-electron chi connectivity index (χ2n) is 6.66. The van der Waals surface area contributed by atoms with E-state index in [4.69, 9.17) is 22.9 Å². The predicted molar refractivity (Wildman–Crippen MR) is 106 cm³/mol. The van der Waals surface area contributed by atoms with Crippen LogP contribution in [0.3, 0.4) is 0 Å². The highest BCUT2D eigenvalue weighted by atomic mass is 31.2. The summed E-state index contributed by atoms with van der Waals surface area (Å²) < 4.78 is 41.2. The molecule has 0 spiro atoms. The predicted octanol–water partition coefficient (Wildman–Crippen LogP) is 4.66. The molecule has 0 saturated heterocycles. The van der Waals surface area contributed by atoms with Crippen LogP contribution in [0.2, 0.25) is 19.6 Å². The number of ether oxygens (including phenoxy) is 2. The zero-order chi connectivity index (χ0) is 19.5. The Kier molecular flexibility index (Phi) is 10.9. The molecule has 0 aromatic heterocycles. The molecule has 0 aliphatic carbocycles. The fourth-order valence-electron chi connectivity index (χ4n) is 2.18. The van der Waals surface area contributed by atoms with Gasteiger partial charge in [-0.25, -0.2) is 0 Å². The van der Waals surface area contributed by atoms with Crippen molar-refractivity contribution < 1.29 is 27.5 Å². The van der Waals surface area contributed by atoms with E-state index >= 15 is 0 Å². The van der Waals surface area contributed by atoms with E-state index in [-0.39, 0.29) is 19.8 Å². The number of rotatable bonds is 14. The summed E-state index contributed by atoms with van der Waals surface area (Å²) in [4.78, 5) is 0. The van der Waals surface area contributed by atoms with Gasteiger partial charge in [0.25, 0.3) is 0 Å². The molecule has 0 saturated carbocycles. The van der Waals surface area contributed by atoms with Gasteiger partial charge in [0.05, 0.1) is 39.6 Å². The lowest BCUT2D eigenvalue weighted by Gasteiger charge is -2.27. The zero-order valence-electron chi connectivity index (χ0n) is 16.6. The molecule has 150 valence electrons. The lowest BCUT2D eigenvalue weighted by atomic mass is 10.2. The van der Waals surface area contributed by atoms with Crippen LogP contribution in [-0.4, -0.2) is 47.2 Å². The second kappa shape index (κ2) is 12.0. The van der Waals surface area contributed by atoms with Crippen molar-refractivity contribution in [1.82, 2.24) is 0 Å². The minimum absolute atomic E-state index is 0.124. The summed E-state index contributed by atoms with van der Waals surface area (Å²) in [5.41, 5.74) is 1.04. The smallest absolute Gasteiger partial charge is 0.361 e. The lowest BCUT2D eigenvalue weighted by molar-refractivity contribution is -0.00886. The monoisotopic (exact) mass is 404 g/mol. The fourth-order valence-corrected chi connectivity index (χ4v) is 4.58. The summed E-state index contributed by atoms with van der Waals surface area (Å²) in [6.07, 6.45) is 0. The third kappa shape index (κ3) is 9.42. The zero-order valence-corrected chi connectivity index (χ0v) is 18.5. The van der Waals surface area contributed by atoms with Crippen LogP contribution < -0.4 is 0 Å². The van der Waals surface area contributed by atoms with Gasteiger partial charge in [-0.1, -0.05) is 30.3 Å². The molecule has 0 amide bonds. The molecule has 8 heteroatoms. The quantitative estimate of drug-likeness (QED) is 0.255. The van der Waals surface area contributed by atoms with Crippen LogP contribution in [0.15, 0.2) is 30.3 Å². The Morgan fingerprint density at radius 2 is 1.62 bits per heavy atom. The van der Waals surface area contributed by atoms with Gasteiger partial charge in [-0.3, -0.25) is 4.57 Å². The summed E-state index contributed by atoms with van der Waals surface area (Å²) >= 11 is 0. The topological polar surface area (TPSA) is 63.2 Å². The summed E-state index contributed by atoms with van der Waals surface area (Å²) in [5.74, 6) is -0.781. The van der Waals surface area contributed by atoms with E-state index in [1.807, 2.05) is 30.3 Å². The van der Waals surface area contributed by atoms with Crippen molar-refractivity contribution in [3.8, 4) is 0 Å². The maximum absolute atomic E-state index is 13.1. The molecule has 0 bridgehead atoms. The molecule has 0 aliphatic rings. The third-order valence-electron chi connectivity index (χ3n) is 3.27. The molecule has 26 heavy (non-hydrogen) atoms. The largest absolute Gasteiger partial charge is 0.415 e. The molecule has 1 aromatic carbocycles. The lowest BCUT2D eigenvalue weighted by Crippen LogP contribution is -2.29. The average Bonchev–Trinajstić information content (AvgIpc) is 2.57. The molecule has 1 unspecified atom stereocenters. The van der Waals surface area contributed by atoms with Crippen LogP contribution in [0.1, 0.15) is 19.4 Å². The Morgan fingerprint density at radius 3 is 2.15 bits per heavy atom. The molecule has 1 aromatic rings. The van der Waals surface area contributed by atoms with Crippen LogP contribution in [-0.2, 0) is 34.1 Å². The van der Waals surface area contributed by atoms with Crippen LogP contribution >= 0.6 is 7.60 Å². The van der Waals surface area contributed by atoms with E-state index in [1.54, 1.807) is 13.8 Å². The highest BCUT2D eigenvalue weighted by Crippen LogP contribution is 2.53. The first-order valence-corrected chi connectivity index (χ1v) is 14.1. The van der Waals surface area contributed by atoms with Crippen molar-refractivity contribution in [2.45, 2.75) is 45.9 Å². The Hall–Kier alpha value is -0.533. The molecule has 1 rings (SSSR count). The van der Waals surface area contributed by atoms with E-state index in [0.29, 0.717) is 19.8 Å². The maximum Gasteiger partial charge on any atom is 0.361 e. The maximum atomic E-state index is 13.1. The molecule has 0 N–H and O–H groups in total. The number of hydrogen-bond acceptors (Lipinski definition) is 6. The average molecular weight is 405 g/mol. The first kappa shape index (κ1) is 23.5. The Balaban J connectivity index is 2.65. The molecule has 0 aliphatic heterocycles. The van der Waals surface area contributed by atoms with Gasteiger partial charge in [-0.2, -0.15) is 0 Å². The fraction of sp³-hybridized carbons (Fsp3) is 0.667. The molecule has 0 heterocycles. The second-order valence-corrected chi connectivity index (χ2v) is 13.3. The SMILES string of the molecule is CCOP(=O)(OCC)C(COCc1ccccc1)OCCO[Si](C)(C)C. The van der Waals surface area contributed by atoms with Crippen LogP contribution in [0.25, 0.3) is 0 Å². The standard InChI is InChI=1S/C18H33O6PSi/c1-6-22-25(19,23-7-2)18(21-13-14-24-26(3,4)5)16-20-15-17-11-9-8-10-12-17/h8-12,18H,6-7,13-16H2,1-5H3. The summed E-state index contributed by atoms with van der Waals surface area (Å²) in [6.45, 7) is 11.7. The van der Waals surface area contributed by atoms with Gasteiger partial charge in [0.2, 0.25) is 0 Å². The van der Waals surface area contributed by atoms with Crippen molar-refractivity contribution in [2.24, 2.45) is 0 Å². The van der Waals surface area contributed by atoms with E-state index in [0.717, 1.165) is 5.56 Å². The first-order chi connectivity index (χ1) is 12.3. The van der Waals surface area contributed by atoms with Crippen LogP contribution in [0, 0.1) is 0 Å². The molecule has 0 radical (unpaired) electrons. The van der Waals surface area contributed by atoms with Crippen molar-refractivity contribution in [3.63, 3.8) is 0 Å². The van der Waals surface area contributed by atoms with Gasteiger partial charge in [0.1, 0.15) is 0 Å². The number of benzene rings is 1. The van der Waals surface area contributed by atoms with E-state index in [9.17, 15) is 4.57 Å². The minimum atomic E-state index is -3.42. The van der Waals surface area contributed by atoms with Gasteiger partial charge in [0.15, 0.2) is 14.2 Å². The van der Waals surface area contributed by atoms with E-state index < -0.39 is 21.8 Å². The first-order valence-electron chi connectivity index (χ1n) is 9.06. The van der Waals surface area contributed by atoms with Gasteiger partial charge in [-0.05, 0) is 39.1 Å². The van der Waals surface area contributed by atoms with E-state index in [1.165, 1.54) is 0 Å². The Labute approximate surface area is 158 Å². The van der Waals surface area contributed by atoms with Gasteiger partial charge < -0.3 is 22.9 Å². The molecule has 6 nitrogen and oxygen atoms in total. The number of hydrogen-bond donors (Lipinski definition) is 0. The summed E-state index contributed by atoms with van der Waals surface area (Å²) in [7, 11) is -5.04. The minimum Gasteiger partial charge on any atom is -0.415 e. The van der Waals surface area contributed by atoms with Crippen molar-refractivity contribution in [1.29, 1.82) is 0 Å². The molecular weight excluding hydrogens is 371 g/mol. The van der Waals surface area contributed by atoms with Gasteiger partial charge >= 0.3 is 7.60 Å². The van der Waals surface area contributed by atoms with Crippen LogP contribution in [0.5, 0.6) is 0 Å². The normalized spacial score (nSPS) is 13.7. The van der Waals surface area contributed by atoms with Crippen molar-refractivity contribution in [3.05, 3.63) is 35.9 Å². The Bertz CT molecular complexity index is 524. The van der Waals surface area contributed by atoms with Crippen molar-refractivity contribution in [2.75, 3.05) is 33.0 Å². The Morgan fingerprint density at radius 1 is 1.00 bits per heavy atom. The van der Waals surface area contributed by atoms with Crippen LogP contribution in [0.4, 0.5) is 0 Å². The molecular formula is C18H33O6PSi. The summed E-state index contributed by atoms with van der Waals surface area (Å²) in [6, 6.07) is 9.80. The van der Waals surface area contributed by atoms with Gasteiger partial charge in [0, 0.05) is 0 Å². The molecule has 0 fully saturated rings. The van der Waals surface area contributed by atoms with Crippen molar-refractivity contribution >= 4 is 15.9 Å². The molecule has 1 atom stereocenters. The third-order valence-corrected chi connectivity index (χ3v) is 6.58. The highest BCUT2D eigenvalue weighted by Gasteiger charge is 2.37.